The standard InChI is InChI=1S/C17H28FN3/c1-4-21(5-2)14-10-11-20(12-14)13-17(19-3)15-8-6-7-9-16(15)18/h6-9,14,17,19H,4-5,10-13H2,1-3H3. The summed E-state index contributed by atoms with van der Waals surface area (Å²) in [5.74, 6) is -0.115. The average molecular weight is 293 g/mol. The van der Waals surface area contributed by atoms with Crippen LogP contribution in [-0.2, 0) is 0 Å². The molecular weight excluding hydrogens is 265 g/mol. The molecule has 2 atom stereocenters. The third kappa shape index (κ3) is 4.02. The molecule has 2 unspecified atom stereocenters. The summed E-state index contributed by atoms with van der Waals surface area (Å²) < 4.78 is 13.9. The quantitative estimate of drug-likeness (QED) is 0.833. The Labute approximate surface area is 128 Å². The predicted octanol–water partition coefficient (Wildman–Crippen LogP) is 2.50. The van der Waals surface area contributed by atoms with Crippen molar-refractivity contribution in [3.8, 4) is 0 Å². The minimum absolute atomic E-state index is 0.0571. The highest BCUT2D eigenvalue weighted by atomic mass is 19.1. The fourth-order valence-electron chi connectivity index (χ4n) is 3.38. The van der Waals surface area contributed by atoms with E-state index in [4.69, 9.17) is 0 Å². The van der Waals surface area contributed by atoms with Crippen molar-refractivity contribution in [1.82, 2.24) is 15.1 Å². The highest BCUT2D eigenvalue weighted by Crippen LogP contribution is 2.21. The monoisotopic (exact) mass is 293 g/mol. The third-order valence-corrected chi connectivity index (χ3v) is 4.65. The first-order valence-electron chi connectivity index (χ1n) is 8.07. The molecule has 0 aromatic heterocycles. The van der Waals surface area contributed by atoms with Crippen LogP contribution in [0.5, 0.6) is 0 Å². The van der Waals surface area contributed by atoms with Gasteiger partial charge in [0.15, 0.2) is 0 Å². The van der Waals surface area contributed by atoms with Crippen molar-refractivity contribution in [1.29, 1.82) is 0 Å². The molecule has 1 N–H and O–H groups in total. The van der Waals surface area contributed by atoms with Crippen molar-refractivity contribution in [2.75, 3.05) is 39.8 Å². The van der Waals surface area contributed by atoms with Crippen molar-refractivity contribution in [2.45, 2.75) is 32.4 Å². The Balaban J connectivity index is 1.96. The lowest BCUT2D eigenvalue weighted by Crippen LogP contribution is -2.39. The van der Waals surface area contributed by atoms with Gasteiger partial charge < -0.3 is 5.32 Å². The molecule has 1 heterocycles. The van der Waals surface area contributed by atoms with E-state index < -0.39 is 0 Å². The number of nitrogens with zero attached hydrogens (tertiary/aromatic N) is 2. The van der Waals surface area contributed by atoms with Gasteiger partial charge in [-0.1, -0.05) is 32.0 Å². The summed E-state index contributed by atoms with van der Waals surface area (Å²) >= 11 is 0. The van der Waals surface area contributed by atoms with Gasteiger partial charge in [-0.15, -0.1) is 0 Å². The molecule has 1 fully saturated rings. The highest BCUT2D eigenvalue weighted by molar-refractivity contribution is 5.21. The van der Waals surface area contributed by atoms with Crippen LogP contribution in [0.1, 0.15) is 31.9 Å². The molecule has 3 nitrogen and oxygen atoms in total. The lowest BCUT2D eigenvalue weighted by Gasteiger charge is -2.28. The summed E-state index contributed by atoms with van der Waals surface area (Å²) in [4.78, 5) is 4.98. The lowest BCUT2D eigenvalue weighted by atomic mass is 10.1. The maximum atomic E-state index is 13.9. The van der Waals surface area contributed by atoms with Crippen LogP contribution in [0.25, 0.3) is 0 Å². The smallest absolute Gasteiger partial charge is 0.128 e. The zero-order valence-corrected chi connectivity index (χ0v) is 13.5. The Kier molecular flexibility index (Phi) is 6.15. The second-order valence-corrected chi connectivity index (χ2v) is 5.79. The van der Waals surface area contributed by atoms with Gasteiger partial charge in [-0.05, 0) is 39.2 Å². The van der Waals surface area contributed by atoms with E-state index in [9.17, 15) is 4.39 Å². The first-order valence-corrected chi connectivity index (χ1v) is 8.07. The number of hydrogen-bond acceptors (Lipinski definition) is 3. The van der Waals surface area contributed by atoms with Crippen LogP contribution >= 0.6 is 0 Å². The van der Waals surface area contributed by atoms with E-state index in [1.54, 1.807) is 12.1 Å². The Morgan fingerprint density at radius 2 is 2.05 bits per heavy atom. The molecule has 1 aromatic rings. The van der Waals surface area contributed by atoms with E-state index in [0.717, 1.165) is 38.3 Å². The van der Waals surface area contributed by atoms with Crippen LogP contribution < -0.4 is 5.32 Å². The molecule has 0 bridgehead atoms. The van der Waals surface area contributed by atoms with Crippen molar-refractivity contribution in [2.24, 2.45) is 0 Å². The van der Waals surface area contributed by atoms with E-state index in [1.165, 1.54) is 6.42 Å². The van der Waals surface area contributed by atoms with Gasteiger partial charge in [0.25, 0.3) is 0 Å². The molecule has 118 valence electrons. The second-order valence-electron chi connectivity index (χ2n) is 5.79. The van der Waals surface area contributed by atoms with Crippen molar-refractivity contribution < 1.29 is 4.39 Å². The van der Waals surface area contributed by atoms with Crippen LogP contribution in [0.15, 0.2) is 24.3 Å². The third-order valence-electron chi connectivity index (χ3n) is 4.65. The van der Waals surface area contributed by atoms with Gasteiger partial charge in [0.05, 0.1) is 0 Å². The molecule has 0 radical (unpaired) electrons. The molecule has 4 heteroatoms. The first-order chi connectivity index (χ1) is 10.2. The van der Waals surface area contributed by atoms with E-state index in [2.05, 4.69) is 29.0 Å². The Hall–Kier alpha value is -0.970. The lowest BCUT2D eigenvalue weighted by molar-refractivity contribution is 0.205. The van der Waals surface area contributed by atoms with E-state index in [1.807, 2.05) is 19.2 Å². The molecule has 1 aliphatic rings. The number of rotatable bonds is 7. The van der Waals surface area contributed by atoms with Gasteiger partial charge >= 0.3 is 0 Å². The molecular formula is C17H28FN3. The topological polar surface area (TPSA) is 18.5 Å². The summed E-state index contributed by atoms with van der Waals surface area (Å²) in [6, 6.07) is 7.79. The number of likely N-dealkylation sites (N-methyl/N-ethyl adjacent to an activating group) is 2. The Morgan fingerprint density at radius 3 is 2.67 bits per heavy atom. The van der Waals surface area contributed by atoms with E-state index in [0.29, 0.717) is 6.04 Å². The maximum Gasteiger partial charge on any atom is 0.128 e. The maximum absolute atomic E-state index is 13.9. The summed E-state index contributed by atoms with van der Waals surface area (Å²) in [6.45, 7) is 9.73. The molecule has 1 saturated heterocycles. The van der Waals surface area contributed by atoms with Crippen molar-refractivity contribution in [3.63, 3.8) is 0 Å². The average Bonchev–Trinajstić information content (AvgIpc) is 2.95. The molecule has 0 spiro atoms. The molecule has 21 heavy (non-hydrogen) atoms. The zero-order valence-electron chi connectivity index (χ0n) is 13.5. The highest BCUT2D eigenvalue weighted by Gasteiger charge is 2.28. The van der Waals surface area contributed by atoms with Crippen LogP contribution in [0.4, 0.5) is 4.39 Å². The fraction of sp³-hybridized carbons (Fsp3) is 0.647. The molecule has 0 aliphatic carbocycles. The zero-order chi connectivity index (χ0) is 15.2. The summed E-state index contributed by atoms with van der Waals surface area (Å²) in [7, 11) is 1.91. The minimum Gasteiger partial charge on any atom is -0.312 e. The van der Waals surface area contributed by atoms with Crippen molar-refractivity contribution in [3.05, 3.63) is 35.6 Å². The number of likely N-dealkylation sites (tertiary alicyclic amines) is 1. The number of nitrogens with one attached hydrogen (secondary N) is 1. The Bertz CT molecular complexity index is 434. The molecule has 0 saturated carbocycles. The fourth-order valence-corrected chi connectivity index (χ4v) is 3.38. The van der Waals surface area contributed by atoms with Gasteiger partial charge in [0.2, 0.25) is 0 Å². The van der Waals surface area contributed by atoms with Crippen LogP contribution in [0, 0.1) is 5.82 Å². The summed E-state index contributed by atoms with van der Waals surface area (Å²) in [6.07, 6.45) is 1.22. The van der Waals surface area contributed by atoms with Crippen LogP contribution in [0.2, 0.25) is 0 Å². The number of halogens is 1. The van der Waals surface area contributed by atoms with Gasteiger partial charge in [0, 0.05) is 30.7 Å². The Morgan fingerprint density at radius 1 is 1.33 bits per heavy atom. The summed E-state index contributed by atoms with van der Waals surface area (Å²) in [5, 5.41) is 3.26. The molecule has 1 aliphatic heterocycles. The van der Waals surface area contributed by atoms with Gasteiger partial charge in [-0.2, -0.15) is 0 Å². The van der Waals surface area contributed by atoms with Crippen LogP contribution in [-0.4, -0.2) is 55.6 Å². The number of benzene rings is 1. The van der Waals surface area contributed by atoms with Gasteiger partial charge in [0.1, 0.15) is 5.82 Å². The second kappa shape index (κ2) is 7.87. The van der Waals surface area contributed by atoms with E-state index >= 15 is 0 Å². The predicted molar refractivity (Wildman–Crippen MR) is 86.0 cm³/mol. The molecule has 1 aromatic carbocycles. The van der Waals surface area contributed by atoms with Gasteiger partial charge in [-0.3, -0.25) is 9.80 Å². The van der Waals surface area contributed by atoms with Gasteiger partial charge in [-0.25, -0.2) is 4.39 Å². The largest absolute Gasteiger partial charge is 0.312 e. The number of hydrogen-bond donors (Lipinski definition) is 1. The SMILES string of the molecule is CCN(CC)C1CCN(CC(NC)c2ccccc2F)C1. The molecule has 2 rings (SSSR count). The van der Waals surface area contributed by atoms with Crippen molar-refractivity contribution >= 4 is 0 Å². The summed E-state index contributed by atoms with van der Waals surface area (Å²) in [5.41, 5.74) is 0.770. The van der Waals surface area contributed by atoms with Crippen LogP contribution in [0.3, 0.4) is 0 Å². The molecule has 0 amide bonds. The van der Waals surface area contributed by atoms with E-state index in [-0.39, 0.29) is 11.9 Å². The normalized spacial score (nSPS) is 21.1. The minimum atomic E-state index is -0.115. The first kappa shape index (κ1) is 16.4.